The fourth-order valence-corrected chi connectivity index (χ4v) is 3.31. The number of rotatable bonds is 9. The lowest BCUT2D eigenvalue weighted by atomic mass is 10.1. The van der Waals surface area contributed by atoms with Crippen molar-refractivity contribution in [1.82, 2.24) is 15.5 Å². The highest BCUT2D eigenvalue weighted by Gasteiger charge is 2.26. The van der Waals surface area contributed by atoms with Gasteiger partial charge >= 0.3 is 18.2 Å². The van der Waals surface area contributed by atoms with Crippen molar-refractivity contribution in [3.63, 3.8) is 0 Å². The van der Waals surface area contributed by atoms with Crippen molar-refractivity contribution in [3.05, 3.63) is 35.9 Å². The topological polar surface area (TPSA) is 117 Å². The van der Waals surface area contributed by atoms with Gasteiger partial charge in [0.15, 0.2) is 0 Å². The highest BCUT2D eigenvalue weighted by molar-refractivity contribution is 5.79. The lowest BCUT2D eigenvalue weighted by molar-refractivity contribution is -0.139. The molecule has 2 amide bonds. The predicted molar refractivity (Wildman–Crippen MR) is 115 cm³/mol. The molecule has 0 spiro atoms. The third-order valence-corrected chi connectivity index (χ3v) is 4.76. The minimum atomic E-state index is -1.09. The number of likely N-dealkylation sites (tertiary alicyclic amines) is 1. The summed E-state index contributed by atoms with van der Waals surface area (Å²) in [6.45, 7) is 7.55. The Kier molecular flexibility index (Phi) is 9.11. The first-order chi connectivity index (χ1) is 14.6. The van der Waals surface area contributed by atoms with Crippen LogP contribution in [0.15, 0.2) is 30.3 Å². The third kappa shape index (κ3) is 9.69. The number of carbonyl (C=O) groups excluding carboxylic acids is 2. The standard InChI is InChI=1S/C22H33N3O6/c1-22(2,3)31-21(29)24-18(19(26)27)10-7-12-25-13-11-17(14-25)23-20(28)30-15-16-8-5-4-6-9-16/h4-6,8-9,17-18H,7,10-15H2,1-3H3,(H,23,28)(H,24,29)(H,26,27)/t17?,18-/m0/s1. The molecule has 1 aliphatic heterocycles. The van der Waals surface area contributed by atoms with Crippen molar-refractivity contribution in [2.75, 3.05) is 19.6 Å². The Morgan fingerprint density at radius 3 is 2.55 bits per heavy atom. The van der Waals surface area contributed by atoms with Gasteiger partial charge in [-0.1, -0.05) is 30.3 Å². The van der Waals surface area contributed by atoms with Gasteiger partial charge in [0, 0.05) is 19.1 Å². The largest absolute Gasteiger partial charge is 0.480 e. The monoisotopic (exact) mass is 435 g/mol. The van der Waals surface area contributed by atoms with Crippen LogP contribution in [-0.2, 0) is 20.9 Å². The molecule has 2 atom stereocenters. The maximum absolute atomic E-state index is 12.0. The maximum atomic E-state index is 12.0. The maximum Gasteiger partial charge on any atom is 0.408 e. The number of hydrogen-bond acceptors (Lipinski definition) is 6. The first-order valence-corrected chi connectivity index (χ1v) is 10.5. The van der Waals surface area contributed by atoms with Gasteiger partial charge in [0.05, 0.1) is 0 Å². The van der Waals surface area contributed by atoms with Gasteiger partial charge in [0.2, 0.25) is 0 Å². The van der Waals surface area contributed by atoms with Crippen LogP contribution in [0.3, 0.4) is 0 Å². The second-order valence-corrected chi connectivity index (χ2v) is 8.67. The van der Waals surface area contributed by atoms with Crippen molar-refractivity contribution in [2.45, 2.75) is 64.3 Å². The summed E-state index contributed by atoms with van der Waals surface area (Å²) in [5.41, 5.74) is 0.242. The summed E-state index contributed by atoms with van der Waals surface area (Å²) in [5.74, 6) is -1.09. The van der Waals surface area contributed by atoms with E-state index in [0.717, 1.165) is 18.5 Å². The van der Waals surface area contributed by atoms with Crippen LogP contribution in [0.25, 0.3) is 0 Å². The number of nitrogens with one attached hydrogen (secondary N) is 2. The highest BCUT2D eigenvalue weighted by atomic mass is 16.6. The van der Waals surface area contributed by atoms with Gasteiger partial charge in [-0.2, -0.15) is 0 Å². The Bertz CT molecular complexity index is 735. The molecule has 31 heavy (non-hydrogen) atoms. The fourth-order valence-electron chi connectivity index (χ4n) is 3.31. The number of carboxylic acid groups (broad SMARTS) is 1. The van der Waals surface area contributed by atoms with E-state index in [1.807, 2.05) is 30.3 Å². The van der Waals surface area contributed by atoms with E-state index in [1.54, 1.807) is 20.8 Å². The summed E-state index contributed by atoms with van der Waals surface area (Å²) in [4.78, 5) is 37.4. The van der Waals surface area contributed by atoms with E-state index in [1.165, 1.54) is 0 Å². The van der Waals surface area contributed by atoms with Gasteiger partial charge in [0.1, 0.15) is 18.2 Å². The molecule has 0 aliphatic carbocycles. The van der Waals surface area contributed by atoms with Gasteiger partial charge in [0.25, 0.3) is 0 Å². The average Bonchev–Trinajstić information content (AvgIpc) is 3.12. The van der Waals surface area contributed by atoms with E-state index < -0.39 is 29.8 Å². The minimum absolute atomic E-state index is 0.00145. The molecule has 172 valence electrons. The number of benzene rings is 1. The Balaban J connectivity index is 1.65. The van der Waals surface area contributed by atoms with Crippen molar-refractivity contribution in [2.24, 2.45) is 0 Å². The summed E-state index contributed by atoms with van der Waals surface area (Å²) in [6.07, 6.45) is 0.515. The molecule has 0 radical (unpaired) electrons. The van der Waals surface area contributed by atoms with Gasteiger partial charge in [-0.15, -0.1) is 0 Å². The highest BCUT2D eigenvalue weighted by Crippen LogP contribution is 2.12. The van der Waals surface area contributed by atoms with Crippen molar-refractivity contribution < 1.29 is 29.0 Å². The molecular formula is C22H33N3O6. The fraction of sp³-hybridized carbons (Fsp3) is 0.591. The Morgan fingerprint density at radius 1 is 1.19 bits per heavy atom. The van der Waals surface area contributed by atoms with E-state index >= 15 is 0 Å². The summed E-state index contributed by atoms with van der Waals surface area (Å²) in [5, 5.41) is 14.6. The van der Waals surface area contributed by atoms with Crippen LogP contribution in [0.2, 0.25) is 0 Å². The smallest absolute Gasteiger partial charge is 0.408 e. The number of nitrogens with zero attached hydrogens (tertiary/aromatic N) is 1. The Morgan fingerprint density at radius 2 is 1.90 bits per heavy atom. The molecule has 1 fully saturated rings. The molecule has 1 aromatic rings. The second kappa shape index (κ2) is 11.5. The molecule has 0 bridgehead atoms. The number of carbonyl (C=O) groups is 3. The molecule has 9 nitrogen and oxygen atoms in total. The molecule has 0 saturated carbocycles. The SMILES string of the molecule is CC(C)(C)OC(=O)N[C@@H](CCCN1CCC(NC(=O)OCc2ccccc2)C1)C(=O)O. The molecule has 9 heteroatoms. The molecule has 1 aliphatic rings. The normalized spacial score (nSPS) is 17.6. The number of carboxylic acids is 1. The summed E-state index contributed by atoms with van der Waals surface area (Å²) < 4.78 is 10.4. The van der Waals surface area contributed by atoms with Crippen LogP contribution >= 0.6 is 0 Å². The molecule has 1 aromatic carbocycles. The van der Waals surface area contributed by atoms with Crippen LogP contribution in [0.5, 0.6) is 0 Å². The number of ether oxygens (including phenoxy) is 2. The molecule has 1 heterocycles. The minimum Gasteiger partial charge on any atom is -0.480 e. The third-order valence-electron chi connectivity index (χ3n) is 4.76. The molecule has 1 unspecified atom stereocenters. The first kappa shape index (κ1) is 24.5. The zero-order valence-corrected chi connectivity index (χ0v) is 18.4. The molecular weight excluding hydrogens is 402 g/mol. The second-order valence-electron chi connectivity index (χ2n) is 8.67. The summed E-state index contributed by atoms with van der Waals surface area (Å²) in [6, 6.07) is 8.48. The van der Waals surface area contributed by atoms with Crippen LogP contribution in [0.4, 0.5) is 9.59 Å². The number of amides is 2. The Hall–Kier alpha value is -2.81. The summed E-state index contributed by atoms with van der Waals surface area (Å²) >= 11 is 0. The molecule has 3 N–H and O–H groups in total. The van der Waals surface area contributed by atoms with E-state index in [4.69, 9.17) is 9.47 Å². The first-order valence-electron chi connectivity index (χ1n) is 10.5. The van der Waals surface area contributed by atoms with Gasteiger partial charge < -0.3 is 30.1 Å². The number of hydrogen-bond donors (Lipinski definition) is 3. The number of alkyl carbamates (subject to hydrolysis) is 2. The zero-order chi connectivity index (χ0) is 22.9. The van der Waals surface area contributed by atoms with E-state index in [0.29, 0.717) is 25.9 Å². The quantitative estimate of drug-likeness (QED) is 0.546. The van der Waals surface area contributed by atoms with E-state index in [-0.39, 0.29) is 12.6 Å². The zero-order valence-electron chi connectivity index (χ0n) is 18.4. The van der Waals surface area contributed by atoms with Crippen molar-refractivity contribution >= 4 is 18.2 Å². The van der Waals surface area contributed by atoms with Crippen LogP contribution in [-0.4, -0.2) is 65.5 Å². The number of aliphatic carboxylic acids is 1. The van der Waals surface area contributed by atoms with Gasteiger partial charge in [-0.25, -0.2) is 14.4 Å². The lowest BCUT2D eigenvalue weighted by Crippen LogP contribution is -2.43. The van der Waals surface area contributed by atoms with Crippen LogP contribution in [0, 0.1) is 0 Å². The van der Waals surface area contributed by atoms with Gasteiger partial charge in [-0.05, 0) is 52.1 Å². The van der Waals surface area contributed by atoms with E-state index in [9.17, 15) is 19.5 Å². The van der Waals surface area contributed by atoms with E-state index in [2.05, 4.69) is 15.5 Å². The van der Waals surface area contributed by atoms with Crippen LogP contribution in [0.1, 0.15) is 45.6 Å². The summed E-state index contributed by atoms with van der Waals surface area (Å²) in [7, 11) is 0. The average molecular weight is 436 g/mol. The molecule has 0 aromatic heterocycles. The van der Waals surface area contributed by atoms with Crippen molar-refractivity contribution in [1.29, 1.82) is 0 Å². The molecule has 1 saturated heterocycles. The lowest BCUT2D eigenvalue weighted by Gasteiger charge is -2.22. The Labute approximate surface area is 183 Å². The predicted octanol–water partition coefficient (Wildman–Crippen LogP) is 2.75. The van der Waals surface area contributed by atoms with Crippen molar-refractivity contribution in [3.8, 4) is 0 Å². The molecule has 2 rings (SSSR count). The van der Waals surface area contributed by atoms with Crippen LogP contribution < -0.4 is 10.6 Å². The van der Waals surface area contributed by atoms with Gasteiger partial charge in [-0.3, -0.25) is 0 Å².